The van der Waals surface area contributed by atoms with Crippen LogP contribution in [0.15, 0.2) is 29.7 Å². The number of imide groups is 1. The molecule has 2 aromatic rings. The number of hydrogen-bond donors (Lipinski definition) is 2. The maximum Gasteiger partial charge on any atom is 0.325 e. The second-order valence-electron chi connectivity index (χ2n) is 6.21. The average Bonchev–Trinajstić information content (AvgIpc) is 3.40. The van der Waals surface area contributed by atoms with Crippen molar-refractivity contribution >= 4 is 29.4 Å². The summed E-state index contributed by atoms with van der Waals surface area (Å²) < 4.78 is 12.9. The van der Waals surface area contributed by atoms with E-state index in [2.05, 4.69) is 20.8 Å². The van der Waals surface area contributed by atoms with E-state index >= 15 is 0 Å². The predicted octanol–water partition coefficient (Wildman–Crippen LogP) is 2.21. The Hall–Kier alpha value is -2.75. The Morgan fingerprint density at radius 3 is 2.85 bits per heavy atom. The second kappa shape index (κ2) is 7.87. The van der Waals surface area contributed by atoms with Gasteiger partial charge < -0.3 is 19.4 Å². The lowest BCUT2D eigenvalue weighted by molar-refractivity contribution is -0.119. The van der Waals surface area contributed by atoms with Gasteiger partial charge in [-0.1, -0.05) is 11.8 Å². The van der Waals surface area contributed by atoms with Gasteiger partial charge in [0.25, 0.3) is 0 Å². The molecule has 4 rings (SSSR count). The number of aromatic nitrogens is 3. The van der Waals surface area contributed by atoms with Gasteiger partial charge >= 0.3 is 6.03 Å². The standard InChI is InChI=1S/C17H19N5O4S/c23-15(5-8-27-17-21-18-10-22(17)12-2-3-12)20-16(24)19-11-1-4-13-14(9-11)26-7-6-25-13/h1,4,9-10,12H,2-3,5-8H2,(H2,19,20,23,24). The molecule has 1 aromatic carbocycles. The van der Waals surface area contributed by atoms with Crippen LogP contribution in [0.3, 0.4) is 0 Å². The maximum atomic E-state index is 12.0. The highest BCUT2D eigenvalue weighted by atomic mass is 32.2. The molecule has 10 heteroatoms. The first-order valence-corrected chi connectivity index (χ1v) is 9.70. The predicted molar refractivity (Wildman–Crippen MR) is 98.2 cm³/mol. The largest absolute Gasteiger partial charge is 0.486 e. The summed E-state index contributed by atoms with van der Waals surface area (Å²) in [5.41, 5.74) is 0.525. The fraction of sp³-hybridized carbons (Fsp3) is 0.412. The third-order valence-corrected chi connectivity index (χ3v) is 5.05. The highest BCUT2D eigenvalue weighted by molar-refractivity contribution is 7.99. The number of hydrogen-bond acceptors (Lipinski definition) is 7. The molecule has 1 aromatic heterocycles. The topological polar surface area (TPSA) is 107 Å². The summed E-state index contributed by atoms with van der Waals surface area (Å²) in [5, 5.41) is 13.7. The van der Waals surface area contributed by atoms with Gasteiger partial charge in [0.15, 0.2) is 16.7 Å². The van der Waals surface area contributed by atoms with Crippen molar-refractivity contribution in [3.8, 4) is 11.5 Å². The van der Waals surface area contributed by atoms with Crippen LogP contribution in [0.1, 0.15) is 25.3 Å². The van der Waals surface area contributed by atoms with Crippen molar-refractivity contribution in [2.45, 2.75) is 30.5 Å². The van der Waals surface area contributed by atoms with E-state index in [1.165, 1.54) is 11.8 Å². The number of amides is 3. The zero-order chi connectivity index (χ0) is 18.6. The third-order valence-electron chi connectivity index (χ3n) is 4.09. The number of fused-ring (bicyclic) bond motifs is 1. The minimum absolute atomic E-state index is 0.205. The number of nitrogens with one attached hydrogen (secondary N) is 2. The Kier molecular flexibility index (Phi) is 5.14. The Balaban J connectivity index is 1.22. The van der Waals surface area contributed by atoms with Gasteiger partial charge in [0, 0.05) is 30.0 Å². The highest BCUT2D eigenvalue weighted by Gasteiger charge is 2.26. The van der Waals surface area contributed by atoms with Gasteiger partial charge in [0.1, 0.15) is 19.5 Å². The number of nitrogens with zero attached hydrogens (tertiary/aromatic N) is 3. The van der Waals surface area contributed by atoms with E-state index in [-0.39, 0.29) is 12.3 Å². The lowest BCUT2D eigenvalue weighted by Gasteiger charge is -2.19. The van der Waals surface area contributed by atoms with Crippen LogP contribution < -0.4 is 20.1 Å². The first-order valence-electron chi connectivity index (χ1n) is 8.72. The van der Waals surface area contributed by atoms with E-state index in [0.29, 0.717) is 42.2 Å². The first kappa shape index (κ1) is 17.7. The zero-order valence-electron chi connectivity index (χ0n) is 14.5. The Morgan fingerprint density at radius 1 is 1.22 bits per heavy atom. The summed E-state index contributed by atoms with van der Waals surface area (Å²) in [6.45, 7) is 0.969. The third kappa shape index (κ3) is 4.51. The van der Waals surface area contributed by atoms with Gasteiger partial charge in [-0.05, 0) is 25.0 Å². The first-order chi connectivity index (χ1) is 13.2. The molecular weight excluding hydrogens is 370 g/mol. The van der Waals surface area contributed by atoms with Crippen molar-refractivity contribution in [1.82, 2.24) is 20.1 Å². The Bertz CT molecular complexity index is 852. The minimum Gasteiger partial charge on any atom is -0.486 e. The number of ether oxygens (including phenoxy) is 2. The van der Waals surface area contributed by atoms with Crippen LogP contribution in [0, 0.1) is 0 Å². The van der Waals surface area contributed by atoms with E-state index in [0.717, 1.165) is 18.0 Å². The lowest BCUT2D eigenvalue weighted by Crippen LogP contribution is -2.34. The van der Waals surface area contributed by atoms with Gasteiger partial charge in [-0.15, -0.1) is 10.2 Å². The number of benzene rings is 1. The van der Waals surface area contributed by atoms with E-state index in [1.54, 1.807) is 24.5 Å². The molecule has 142 valence electrons. The molecule has 1 saturated carbocycles. The van der Waals surface area contributed by atoms with Gasteiger partial charge in [0.2, 0.25) is 5.91 Å². The van der Waals surface area contributed by atoms with E-state index in [9.17, 15) is 9.59 Å². The zero-order valence-corrected chi connectivity index (χ0v) is 15.3. The Labute approximate surface area is 159 Å². The van der Waals surface area contributed by atoms with Crippen LogP contribution in [0.25, 0.3) is 0 Å². The number of anilines is 1. The number of rotatable bonds is 6. The van der Waals surface area contributed by atoms with Crippen LogP contribution in [-0.2, 0) is 4.79 Å². The molecule has 0 bridgehead atoms. The molecule has 0 saturated heterocycles. The van der Waals surface area contributed by atoms with Crippen LogP contribution in [0.4, 0.5) is 10.5 Å². The fourth-order valence-electron chi connectivity index (χ4n) is 2.65. The average molecular weight is 389 g/mol. The number of urea groups is 1. The molecule has 0 spiro atoms. The summed E-state index contributed by atoms with van der Waals surface area (Å²) in [7, 11) is 0. The van der Waals surface area contributed by atoms with Gasteiger partial charge in [-0.2, -0.15) is 0 Å². The molecule has 1 aliphatic carbocycles. The van der Waals surface area contributed by atoms with E-state index in [4.69, 9.17) is 9.47 Å². The van der Waals surface area contributed by atoms with Gasteiger partial charge in [-0.25, -0.2) is 4.79 Å². The quantitative estimate of drug-likeness (QED) is 0.729. The van der Waals surface area contributed by atoms with Gasteiger partial charge in [0.05, 0.1) is 0 Å². The van der Waals surface area contributed by atoms with Crippen LogP contribution in [0.2, 0.25) is 0 Å². The normalized spacial score (nSPS) is 15.3. The van der Waals surface area contributed by atoms with E-state index < -0.39 is 6.03 Å². The van der Waals surface area contributed by atoms with Crippen molar-refractivity contribution in [2.24, 2.45) is 0 Å². The van der Waals surface area contributed by atoms with E-state index in [1.807, 2.05) is 4.57 Å². The van der Waals surface area contributed by atoms with Crippen molar-refractivity contribution < 1.29 is 19.1 Å². The molecule has 0 unspecified atom stereocenters. The minimum atomic E-state index is -0.581. The summed E-state index contributed by atoms with van der Waals surface area (Å²) in [4.78, 5) is 23.9. The number of thioether (sulfide) groups is 1. The SMILES string of the molecule is O=C(CCSc1nncn1C1CC1)NC(=O)Nc1ccc2c(c1)OCCO2. The molecule has 1 fully saturated rings. The summed E-state index contributed by atoms with van der Waals surface area (Å²) in [6.07, 6.45) is 4.22. The Morgan fingerprint density at radius 2 is 2.04 bits per heavy atom. The van der Waals surface area contributed by atoms with Crippen molar-refractivity contribution in [1.29, 1.82) is 0 Å². The lowest BCUT2D eigenvalue weighted by atomic mass is 10.2. The molecule has 3 amide bonds. The molecule has 2 N–H and O–H groups in total. The summed E-state index contributed by atoms with van der Waals surface area (Å²) in [5.74, 6) is 1.38. The van der Waals surface area contributed by atoms with Gasteiger partial charge in [-0.3, -0.25) is 10.1 Å². The smallest absolute Gasteiger partial charge is 0.325 e. The highest BCUT2D eigenvalue weighted by Crippen LogP contribution is 2.37. The molecule has 2 heterocycles. The molecule has 1 aliphatic heterocycles. The van der Waals surface area contributed by atoms with Crippen molar-refractivity contribution in [2.75, 3.05) is 24.3 Å². The summed E-state index contributed by atoms with van der Waals surface area (Å²) >= 11 is 1.46. The fourth-order valence-corrected chi connectivity index (χ4v) is 3.57. The molecular formula is C17H19N5O4S. The maximum absolute atomic E-state index is 12.0. The van der Waals surface area contributed by atoms with Crippen molar-refractivity contribution in [3.05, 3.63) is 24.5 Å². The monoisotopic (exact) mass is 389 g/mol. The molecule has 0 radical (unpaired) electrons. The molecule has 2 aliphatic rings. The van der Waals surface area contributed by atoms with Crippen LogP contribution in [-0.4, -0.2) is 45.7 Å². The van der Waals surface area contributed by atoms with Crippen LogP contribution in [0.5, 0.6) is 11.5 Å². The second-order valence-corrected chi connectivity index (χ2v) is 7.27. The molecule has 9 nitrogen and oxygen atoms in total. The van der Waals surface area contributed by atoms with Crippen LogP contribution >= 0.6 is 11.8 Å². The molecule has 0 atom stereocenters. The summed E-state index contributed by atoms with van der Waals surface area (Å²) in [6, 6.07) is 4.99. The number of carbonyl (C=O) groups excluding carboxylic acids is 2. The van der Waals surface area contributed by atoms with Crippen molar-refractivity contribution in [3.63, 3.8) is 0 Å². The number of carbonyl (C=O) groups is 2. The molecule has 27 heavy (non-hydrogen) atoms.